The molecule has 6 heteroatoms. The molecule has 2 N–H and O–H groups in total. The van der Waals surface area contributed by atoms with Crippen LogP contribution in [-0.4, -0.2) is 53.2 Å². The lowest BCUT2D eigenvalue weighted by molar-refractivity contribution is 0.0772. The van der Waals surface area contributed by atoms with Crippen LogP contribution in [-0.2, 0) is 0 Å². The number of carbonyl (C=O) groups is 1. The van der Waals surface area contributed by atoms with Crippen molar-refractivity contribution in [2.45, 2.75) is 31.7 Å². The van der Waals surface area contributed by atoms with Crippen LogP contribution in [0, 0.1) is 11.8 Å². The van der Waals surface area contributed by atoms with E-state index in [0.29, 0.717) is 17.5 Å². The second-order valence-corrected chi connectivity index (χ2v) is 6.85. The average Bonchev–Trinajstić information content (AvgIpc) is 3.26. The lowest BCUT2D eigenvalue weighted by Gasteiger charge is -2.19. The van der Waals surface area contributed by atoms with Gasteiger partial charge in [0.25, 0.3) is 5.91 Å². The van der Waals surface area contributed by atoms with E-state index in [0.717, 1.165) is 44.8 Å². The highest BCUT2D eigenvalue weighted by Crippen LogP contribution is 2.37. The Labute approximate surface area is 130 Å². The monoisotopic (exact) mass is 301 g/mol. The van der Waals surface area contributed by atoms with Gasteiger partial charge in [-0.15, -0.1) is 10.2 Å². The largest absolute Gasteiger partial charge is 0.355 e. The molecule has 118 valence electrons. The van der Waals surface area contributed by atoms with Gasteiger partial charge in [0.2, 0.25) is 0 Å². The van der Waals surface area contributed by atoms with Crippen LogP contribution in [0.4, 0.5) is 5.82 Å². The highest BCUT2D eigenvalue weighted by atomic mass is 16.2. The molecule has 2 saturated heterocycles. The Bertz CT molecular complexity index is 554. The third-order valence-corrected chi connectivity index (χ3v) is 5.50. The van der Waals surface area contributed by atoms with E-state index >= 15 is 0 Å². The van der Waals surface area contributed by atoms with Gasteiger partial charge in [0.15, 0.2) is 11.5 Å². The standard InChI is InChI=1S/C16H23N5O/c17-13-4-3-11-9-21(10-12(11)13)16(22)14-5-6-15(19-18-14)20-7-1-2-8-20/h5-6,11-13H,1-4,7-10,17H2. The molecule has 1 aromatic rings. The molecular weight excluding hydrogens is 278 g/mol. The molecule has 3 fully saturated rings. The summed E-state index contributed by atoms with van der Waals surface area (Å²) in [5, 5.41) is 8.41. The molecule has 0 aromatic carbocycles. The molecule has 1 saturated carbocycles. The molecular formula is C16H23N5O. The van der Waals surface area contributed by atoms with Crippen molar-refractivity contribution in [2.75, 3.05) is 31.1 Å². The summed E-state index contributed by atoms with van der Waals surface area (Å²) in [7, 11) is 0. The van der Waals surface area contributed by atoms with Crippen molar-refractivity contribution in [3.8, 4) is 0 Å². The zero-order chi connectivity index (χ0) is 15.1. The van der Waals surface area contributed by atoms with Crippen molar-refractivity contribution < 1.29 is 4.79 Å². The minimum Gasteiger partial charge on any atom is -0.355 e. The number of aromatic nitrogens is 2. The van der Waals surface area contributed by atoms with Gasteiger partial charge in [-0.25, -0.2) is 0 Å². The molecule has 1 amide bonds. The first-order valence-corrected chi connectivity index (χ1v) is 8.36. The predicted octanol–water partition coefficient (Wildman–Crippen LogP) is 0.886. The van der Waals surface area contributed by atoms with Crippen molar-refractivity contribution in [1.82, 2.24) is 15.1 Å². The number of amides is 1. The number of hydrogen-bond donors (Lipinski definition) is 1. The SMILES string of the molecule is NC1CCC2CN(C(=O)c3ccc(N4CCCC4)nn3)CC12. The molecule has 0 radical (unpaired) electrons. The number of hydrogen-bond acceptors (Lipinski definition) is 5. The van der Waals surface area contributed by atoms with Crippen LogP contribution in [0.1, 0.15) is 36.2 Å². The molecule has 3 heterocycles. The van der Waals surface area contributed by atoms with Gasteiger partial charge in [-0.3, -0.25) is 4.79 Å². The normalized spacial score (nSPS) is 30.9. The molecule has 6 nitrogen and oxygen atoms in total. The topological polar surface area (TPSA) is 75.3 Å². The van der Waals surface area contributed by atoms with E-state index in [9.17, 15) is 4.79 Å². The fraction of sp³-hybridized carbons (Fsp3) is 0.688. The Morgan fingerprint density at radius 1 is 1.14 bits per heavy atom. The first kappa shape index (κ1) is 13.9. The van der Waals surface area contributed by atoms with Gasteiger partial charge >= 0.3 is 0 Å². The first-order valence-electron chi connectivity index (χ1n) is 8.36. The van der Waals surface area contributed by atoms with Gasteiger partial charge in [0, 0.05) is 32.2 Å². The van der Waals surface area contributed by atoms with Crippen LogP contribution in [0.3, 0.4) is 0 Å². The maximum atomic E-state index is 12.6. The lowest BCUT2D eigenvalue weighted by atomic mass is 9.98. The molecule has 22 heavy (non-hydrogen) atoms. The minimum atomic E-state index is 0.00192. The Morgan fingerprint density at radius 3 is 2.64 bits per heavy atom. The zero-order valence-electron chi connectivity index (χ0n) is 12.8. The zero-order valence-corrected chi connectivity index (χ0v) is 12.8. The predicted molar refractivity (Wildman–Crippen MR) is 83.6 cm³/mol. The van der Waals surface area contributed by atoms with Crippen molar-refractivity contribution in [3.63, 3.8) is 0 Å². The molecule has 1 aromatic heterocycles. The highest BCUT2D eigenvalue weighted by Gasteiger charge is 2.42. The van der Waals surface area contributed by atoms with Crippen LogP contribution in [0.15, 0.2) is 12.1 Å². The van der Waals surface area contributed by atoms with Crippen LogP contribution in [0.25, 0.3) is 0 Å². The van der Waals surface area contributed by atoms with Gasteiger partial charge in [-0.05, 0) is 49.7 Å². The van der Waals surface area contributed by atoms with Gasteiger partial charge < -0.3 is 15.5 Å². The van der Waals surface area contributed by atoms with E-state index in [1.807, 2.05) is 17.0 Å². The van der Waals surface area contributed by atoms with Crippen LogP contribution in [0.2, 0.25) is 0 Å². The van der Waals surface area contributed by atoms with Crippen molar-refractivity contribution in [2.24, 2.45) is 17.6 Å². The van der Waals surface area contributed by atoms with Gasteiger partial charge in [-0.1, -0.05) is 0 Å². The fourth-order valence-corrected chi connectivity index (χ4v) is 4.19. The maximum absolute atomic E-state index is 12.6. The van der Waals surface area contributed by atoms with E-state index in [4.69, 9.17) is 5.73 Å². The summed E-state index contributed by atoms with van der Waals surface area (Å²) in [6.45, 7) is 3.68. The summed E-state index contributed by atoms with van der Waals surface area (Å²) in [5.74, 6) is 1.94. The summed E-state index contributed by atoms with van der Waals surface area (Å²) >= 11 is 0. The first-order chi connectivity index (χ1) is 10.7. The Morgan fingerprint density at radius 2 is 1.95 bits per heavy atom. The maximum Gasteiger partial charge on any atom is 0.274 e. The van der Waals surface area contributed by atoms with Crippen LogP contribution >= 0.6 is 0 Å². The second-order valence-electron chi connectivity index (χ2n) is 6.85. The van der Waals surface area contributed by atoms with Gasteiger partial charge in [0.05, 0.1) is 0 Å². The van der Waals surface area contributed by atoms with E-state index in [2.05, 4.69) is 15.1 Å². The van der Waals surface area contributed by atoms with E-state index in [1.54, 1.807) is 0 Å². The molecule has 4 rings (SSSR count). The van der Waals surface area contributed by atoms with Crippen molar-refractivity contribution in [1.29, 1.82) is 0 Å². The summed E-state index contributed by atoms with van der Waals surface area (Å²) in [4.78, 5) is 16.7. The molecule has 1 aliphatic carbocycles. The third-order valence-electron chi connectivity index (χ3n) is 5.50. The molecule has 3 atom stereocenters. The smallest absolute Gasteiger partial charge is 0.274 e. The van der Waals surface area contributed by atoms with Gasteiger partial charge in [-0.2, -0.15) is 0 Å². The number of nitrogens with two attached hydrogens (primary N) is 1. The third kappa shape index (κ3) is 2.35. The minimum absolute atomic E-state index is 0.00192. The van der Waals surface area contributed by atoms with E-state index in [-0.39, 0.29) is 11.9 Å². The highest BCUT2D eigenvalue weighted by molar-refractivity contribution is 5.92. The number of fused-ring (bicyclic) bond motifs is 1. The second kappa shape index (κ2) is 5.50. The Hall–Kier alpha value is -1.69. The number of rotatable bonds is 2. The molecule has 0 bridgehead atoms. The van der Waals surface area contributed by atoms with Crippen LogP contribution < -0.4 is 10.6 Å². The Kier molecular flexibility index (Phi) is 3.48. The van der Waals surface area contributed by atoms with E-state index in [1.165, 1.54) is 12.8 Å². The number of nitrogens with zero attached hydrogens (tertiary/aromatic N) is 4. The number of carbonyl (C=O) groups excluding carboxylic acids is 1. The van der Waals surface area contributed by atoms with Crippen molar-refractivity contribution >= 4 is 11.7 Å². The summed E-state index contributed by atoms with van der Waals surface area (Å²) in [6.07, 6.45) is 4.66. The fourth-order valence-electron chi connectivity index (χ4n) is 4.19. The molecule has 3 unspecified atom stereocenters. The average molecular weight is 301 g/mol. The summed E-state index contributed by atoms with van der Waals surface area (Å²) in [5.41, 5.74) is 6.59. The summed E-state index contributed by atoms with van der Waals surface area (Å²) < 4.78 is 0. The number of anilines is 1. The van der Waals surface area contributed by atoms with E-state index < -0.39 is 0 Å². The summed E-state index contributed by atoms with van der Waals surface area (Å²) in [6, 6.07) is 4.00. The van der Waals surface area contributed by atoms with Crippen molar-refractivity contribution in [3.05, 3.63) is 17.8 Å². The van der Waals surface area contributed by atoms with Crippen LogP contribution in [0.5, 0.6) is 0 Å². The lowest BCUT2D eigenvalue weighted by Crippen LogP contribution is -2.34. The molecule has 3 aliphatic rings. The quantitative estimate of drug-likeness (QED) is 0.878. The van der Waals surface area contributed by atoms with Gasteiger partial charge in [0.1, 0.15) is 0 Å². The number of likely N-dealkylation sites (tertiary alicyclic amines) is 1. The molecule has 2 aliphatic heterocycles. The Balaban J connectivity index is 1.44. The molecule has 0 spiro atoms.